The normalized spacial score (nSPS) is 18.7. The van der Waals surface area contributed by atoms with E-state index < -0.39 is 21.0 Å². The maximum absolute atomic E-state index is 12.2. The van der Waals surface area contributed by atoms with Crippen molar-refractivity contribution in [2.24, 2.45) is 0 Å². The molecule has 0 radical (unpaired) electrons. The van der Waals surface area contributed by atoms with Gasteiger partial charge in [-0.15, -0.1) is 0 Å². The van der Waals surface area contributed by atoms with Crippen molar-refractivity contribution in [2.75, 3.05) is 11.6 Å². The van der Waals surface area contributed by atoms with Gasteiger partial charge in [-0.3, -0.25) is 4.79 Å². The molecule has 1 N–H and O–H groups in total. The zero-order chi connectivity index (χ0) is 17.3. The molecule has 1 aromatic heterocycles. The molecule has 0 saturated carbocycles. The van der Waals surface area contributed by atoms with Crippen molar-refractivity contribution in [1.82, 2.24) is 9.78 Å². The molecule has 2 aromatic rings. The second kappa shape index (κ2) is 6.39. The molecule has 1 aliphatic rings. The fraction of sp³-hybridized carbons (Fsp3) is 0.412. The Balaban J connectivity index is 1.88. The summed E-state index contributed by atoms with van der Waals surface area (Å²) in [4.78, 5) is 12.2. The molecule has 3 rings (SSSR count). The van der Waals surface area contributed by atoms with E-state index in [0.29, 0.717) is 5.82 Å². The summed E-state index contributed by atoms with van der Waals surface area (Å²) in [5.74, 6) is -0.0134. The van der Waals surface area contributed by atoms with E-state index in [1.54, 1.807) is 16.9 Å². The van der Waals surface area contributed by atoms with Crippen molar-refractivity contribution in [3.63, 3.8) is 0 Å². The zero-order valence-corrected chi connectivity index (χ0v) is 14.6. The predicted molar refractivity (Wildman–Crippen MR) is 92.7 cm³/mol. The highest BCUT2D eigenvalue weighted by Gasteiger charge is 2.27. The number of benzene rings is 1. The Morgan fingerprint density at radius 2 is 2.08 bits per heavy atom. The second-order valence-electron chi connectivity index (χ2n) is 6.23. The molecule has 7 heteroatoms. The third-order valence-corrected chi connectivity index (χ3v) is 6.06. The van der Waals surface area contributed by atoms with Gasteiger partial charge in [0, 0.05) is 12.3 Å². The van der Waals surface area contributed by atoms with E-state index in [1.807, 2.05) is 12.1 Å². The Kier molecular flexibility index (Phi) is 4.45. The molecule has 1 amide bonds. The monoisotopic (exact) mass is 347 g/mol. The van der Waals surface area contributed by atoms with E-state index in [1.165, 1.54) is 18.1 Å². The minimum atomic E-state index is -3.43. The SMILES string of the molecule is CC(C(=O)Nc1ccnn1C1CCCc2ccccc21)S(C)(=O)=O. The van der Waals surface area contributed by atoms with Gasteiger partial charge in [-0.25, -0.2) is 13.1 Å². The molecular formula is C17H21N3O3S. The maximum Gasteiger partial charge on any atom is 0.243 e. The number of nitrogens with zero attached hydrogens (tertiary/aromatic N) is 2. The van der Waals surface area contributed by atoms with E-state index >= 15 is 0 Å². The number of hydrogen-bond donors (Lipinski definition) is 1. The van der Waals surface area contributed by atoms with Gasteiger partial charge in [0.15, 0.2) is 9.84 Å². The van der Waals surface area contributed by atoms with Crippen LogP contribution in [0.5, 0.6) is 0 Å². The first-order valence-corrected chi connectivity index (χ1v) is 9.94. The number of rotatable bonds is 4. The third-order valence-electron chi connectivity index (χ3n) is 4.57. The number of aryl methyl sites for hydroxylation is 1. The number of carbonyl (C=O) groups is 1. The van der Waals surface area contributed by atoms with Crippen LogP contribution in [0.15, 0.2) is 36.5 Å². The second-order valence-corrected chi connectivity index (χ2v) is 8.60. The smallest absolute Gasteiger partial charge is 0.243 e. The minimum absolute atomic E-state index is 0.0498. The average molecular weight is 347 g/mol. The first-order chi connectivity index (χ1) is 11.4. The highest BCUT2D eigenvalue weighted by atomic mass is 32.2. The number of sulfone groups is 1. The summed E-state index contributed by atoms with van der Waals surface area (Å²) < 4.78 is 24.9. The van der Waals surface area contributed by atoms with Crippen molar-refractivity contribution in [2.45, 2.75) is 37.5 Å². The molecule has 0 saturated heterocycles. The van der Waals surface area contributed by atoms with Crippen LogP contribution in [0.4, 0.5) is 5.82 Å². The van der Waals surface area contributed by atoms with Crippen LogP contribution in [0.1, 0.15) is 36.9 Å². The summed E-state index contributed by atoms with van der Waals surface area (Å²) in [5.41, 5.74) is 2.50. The number of carbonyl (C=O) groups excluding carboxylic acids is 1. The van der Waals surface area contributed by atoms with E-state index in [9.17, 15) is 13.2 Å². The molecule has 128 valence electrons. The molecular weight excluding hydrogens is 326 g/mol. The van der Waals surface area contributed by atoms with Crippen LogP contribution in [0.25, 0.3) is 0 Å². The van der Waals surface area contributed by atoms with E-state index in [4.69, 9.17) is 0 Å². The Labute approximate surface area is 141 Å². The Bertz CT molecular complexity index is 857. The van der Waals surface area contributed by atoms with Crippen molar-refractivity contribution < 1.29 is 13.2 Å². The number of anilines is 1. The van der Waals surface area contributed by atoms with Crippen LogP contribution in [-0.2, 0) is 21.1 Å². The molecule has 0 bridgehead atoms. The number of fused-ring (bicyclic) bond motifs is 1. The van der Waals surface area contributed by atoms with Crippen LogP contribution in [0.3, 0.4) is 0 Å². The summed E-state index contributed by atoms with van der Waals surface area (Å²) in [6.07, 6.45) is 5.71. The van der Waals surface area contributed by atoms with Crippen LogP contribution < -0.4 is 5.32 Å². The zero-order valence-electron chi connectivity index (χ0n) is 13.8. The van der Waals surface area contributed by atoms with Gasteiger partial charge in [0.2, 0.25) is 5.91 Å². The van der Waals surface area contributed by atoms with Gasteiger partial charge >= 0.3 is 0 Å². The summed E-state index contributed by atoms with van der Waals surface area (Å²) >= 11 is 0. The number of nitrogens with one attached hydrogen (secondary N) is 1. The van der Waals surface area contributed by atoms with Crippen molar-refractivity contribution >= 4 is 21.6 Å². The Hall–Kier alpha value is -2.15. The van der Waals surface area contributed by atoms with Crippen LogP contribution >= 0.6 is 0 Å². The molecule has 1 aromatic carbocycles. The molecule has 0 fully saturated rings. The molecule has 24 heavy (non-hydrogen) atoms. The molecule has 0 aliphatic heterocycles. The Morgan fingerprint density at radius 3 is 2.83 bits per heavy atom. The van der Waals surface area contributed by atoms with Crippen molar-refractivity contribution in [3.8, 4) is 0 Å². The first-order valence-electron chi connectivity index (χ1n) is 7.99. The van der Waals surface area contributed by atoms with Gasteiger partial charge in [-0.2, -0.15) is 5.10 Å². The quantitative estimate of drug-likeness (QED) is 0.919. The number of aromatic nitrogens is 2. The van der Waals surface area contributed by atoms with Crippen LogP contribution in [0, 0.1) is 0 Å². The molecule has 6 nitrogen and oxygen atoms in total. The minimum Gasteiger partial charge on any atom is -0.310 e. The fourth-order valence-corrected chi connectivity index (χ4v) is 3.51. The average Bonchev–Trinajstić information content (AvgIpc) is 3.00. The summed E-state index contributed by atoms with van der Waals surface area (Å²) in [6.45, 7) is 1.39. The molecule has 2 atom stereocenters. The van der Waals surface area contributed by atoms with Gasteiger partial charge in [0.25, 0.3) is 0 Å². The third kappa shape index (κ3) is 3.21. The van der Waals surface area contributed by atoms with Gasteiger partial charge in [0.1, 0.15) is 11.1 Å². The van der Waals surface area contributed by atoms with Crippen molar-refractivity contribution in [3.05, 3.63) is 47.7 Å². The van der Waals surface area contributed by atoms with Gasteiger partial charge in [-0.05, 0) is 37.3 Å². The fourth-order valence-electron chi connectivity index (χ4n) is 3.07. The summed E-state index contributed by atoms with van der Waals surface area (Å²) in [6, 6.07) is 9.99. The van der Waals surface area contributed by atoms with Crippen LogP contribution in [-0.4, -0.2) is 35.6 Å². The topological polar surface area (TPSA) is 81.1 Å². The number of amides is 1. The molecule has 2 unspecified atom stereocenters. The lowest BCUT2D eigenvalue weighted by Crippen LogP contribution is -2.33. The lowest BCUT2D eigenvalue weighted by molar-refractivity contribution is -0.115. The van der Waals surface area contributed by atoms with E-state index in [2.05, 4.69) is 22.5 Å². The first kappa shape index (κ1) is 16.7. The van der Waals surface area contributed by atoms with Gasteiger partial charge in [0.05, 0.1) is 12.2 Å². The Morgan fingerprint density at radius 1 is 1.33 bits per heavy atom. The molecule has 1 heterocycles. The predicted octanol–water partition coefficient (Wildman–Crippen LogP) is 2.18. The van der Waals surface area contributed by atoms with Crippen LogP contribution in [0.2, 0.25) is 0 Å². The largest absolute Gasteiger partial charge is 0.310 e. The lowest BCUT2D eigenvalue weighted by Gasteiger charge is -2.27. The van der Waals surface area contributed by atoms with Crippen molar-refractivity contribution in [1.29, 1.82) is 0 Å². The van der Waals surface area contributed by atoms with Gasteiger partial charge in [-0.1, -0.05) is 24.3 Å². The van der Waals surface area contributed by atoms with E-state index in [-0.39, 0.29) is 6.04 Å². The summed E-state index contributed by atoms with van der Waals surface area (Å²) in [5, 5.41) is 5.98. The molecule has 0 spiro atoms. The van der Waals surface area contributed by atoms with Gasteiger partial charge < -0.3 is 5.32 Å². The number of hydrogen-bond acceptors (Lipinski definition) is 4. The molecule has 1 aliphatic carbocycles. The highest BCUT2D eigenvalue weighted by molar-refractivity contribution is 7.92. The summed E-state index contributed by atoms with van der Waals surface area (Å²) in [7, 11) is -3.43. The maximum atomic E-state index is 12.2. The van der Waals surface area contributed by atoms with E-state index in [0.717, 1.165) is 25.5 Å². The lowest BCUT2D eigenvalue weighted by atomic mass is 9.88. The highest BCUT2D eigenvalue weighted by Crippen LogP contribution is 2.34. The standard InChI is InChI=1S/C17H21N3O3S/c1-12(24(2,22)23)17(21)19-16-10-11-18-20(16)15-9-5-7-13-6-3-4-8-14(13)15/h3-4,6,8,10-12,15H,5,7,9H2,1-2H3,(H,19,21).